The van der Waals surface area contributed by atoms with Crippen molar-refractivity contribution in [1.29, 1.82) is 0 Å². The molecule has 0 aliphatic heterocycles. The zero-order chi connectivity index (χ0) is 17.4. The predicted octanol–water partition coefficient (Wildman–Crippen LogP) is 5.13. The van der Waals surface area contributed by atoms with Gasteiger partial charge in [-0.05, 0) is 48.5 Å². The van der Waals surface area contributed by atoms with Gasteiger partial charge in [0.2, 0.25) is 0 Å². The minimum atomic E-state index is -0.0000118. The Balaban J connectivity index is 1.87. The molecule has 3 aromatic carbocycles. The molecule has 0 bridgehead atoms. The van der Waals surface area contributed by atoms with Crippen LogP contribution in [0.25, 0.3) is 28.0 Å². The van der Waals surface area contributed by atoms with E-state index in [-0.39, 0.29) is 5.78 Å². The van der Waals surface area contributed by atoms with Gasteiger partial charge in [-0.15, -0.1) is 0 Å². The lowest BCUT2D eigenvalue weighted by Crippen LogP contribution is -2.01. The second kappa shape index (κ2) is 5.95. The average molecular weight is 327 g/mol. The molecule has 0 saturated carbocycles. The monoisotopic (exact) mass is 327 g/mol. The van der Waals surface area contributed by atoms with Gasteiger partial charge in [0, 0.05) is 28.1 Å². The first kappa shape index (κ1) is 15.2. The number of ketones is 1. The minimum Gasteiger partial charge on any atom is -0.497 e. The van der Waals surface area contributed by atoms with Gasteiger partial charge >= 0.3 is 0 Å². The lowest BCUT2D eigenvalue weighted by molar-refractivity contribution is 0.103. The van der Waals surface area contributed by atoms with Crippen LogP contribution in [0.3, 0.4) is 0 Å². The molecule has 3 nitrogen and oxygen atoms in total. The summed E-state index contributed by atoms with van der Waals surface area (Å²) in [5.74, 6) is 0.737. The molecule has 0 aliphatic rings. The second-order valence-electron chi connectivity index (χ2n) is 5.86. The Hall–Kier alpha value is -3.33. The Morgan fingerprint density at radius 2 is 1.60 bits per heavy atom. The molecule has 122 valence electrons. The fraction of sp³-hybridized carbons (Fsp3) is 0.0455. The highest BCUT2D eigenvalue weighted by Crippen LogP contribution is 2.30. The highest BCUT2D eigenvalue weighted by molar-refractivity contribution is 6.15. The molecule has 4 aromatic rings. The molecular formula is C22H17NO2. The van der Waals surface area contributed by atoms with Gasteiger partial charge in [0.1, 0.15) is 5.75 Å². The van der Waals surface area contributed by atoms with Crippen molar-refractivity contribution < 1.29 is 9.53 Å². The van der Waals surface area contributed by atoms with E-state index in [0.29, 0.717) is 11.1 Å². The third-order valence-corrected chi connectivity index (χ3v) is 4.51. The summed E-state index contributed by atoms with van der Waals surface area (Å²) in [6.45, 7) is 3.91. The Morgan fingerprint density at radius 3 is 2.32 bits per heavy atom. The maximum atomic E-state index is 12.8. The number of carbonyl (C=O) groups excluding carboxylic acids is 1. The van der Waals surface area contributed by atoms with E-state index in [4.69, 9.17) is 4.74 Å². The van der Waals surface area contributed by atoms with Crippen LogP contribution >= 0.6 is 0 Å². The number of ether oxygens (including phenoxy) is 1. The van der Waals surface area contributed by atoms with Crippen molar-refractivity contribution in [2.75, 3.05) is 7.11 Å². The van der Waals surface area contributed by atoms with Gasteiger partial charge in [-0.2, -0.15) is 0 Å². The quantitative estimate of drug-likeness (QED) is 0.486. The standard InChI is InChI=1S/C22H17NO2/c1-3-23-20-7-5-4-6-18(20)19-14-16(10-13-21(19)23)22(24)15-8-11-17(25-2)12-9-15/h3-14H,1H2,2H3. The Bertz CT molecular complexity index is 1100. The number of benzene rings is 3. The molecule has 0 unspecified atom stereocenters. The molecule has 1 aromatic heterocycles. The van der Waals surface area contributed by atoms with Gasteiger partial charge in [0.05, 0.1) is 18.1 Å². The third-order valence-electron chi connectivity index (χ3n) is 4.51. The number of para-hydroxylation sites is 1. The number of hydrogen-bond acceptors (Lipinski definition) is 2. The van der Waals surface area contributed by atoms with E-state index in [1.165, 1.54) is 0 Å². The van der Waals surface area contributed by atoms with E-state index >= 15 is 0 Å². The van der Waals surface area contributed by atoms with Gasteiger partial charge < -0.3 is 9.30 Å². The zero-order valence-electron chi connectivity index (χ0n) is 13.9. The summed E-state index contributed by atoms with van der Waals surface area (Å²) in [5.41, 5.74) is 3.45. The normalized spacial score (nSPS) is 10.9. The molecule has 4 rings (SSSR count). The van der Waals surface area contributed by atoms with Crippen molar-refractivity contribution >= 4 is 33.8 Å². The molecule has 3 heteroatoms. The third kappa shape index (κ3) is 2.41. The number of rotatable bonds is 4. The first-order valence-electron chi connectivity index (χ1n) is 8.07. The maximum absolute atomic E-state index is 12.8. The molecule has 25 heavy (non-hydrogen) atoms. The van der Waals surface area contributed by atoms with Crippen LogP contribution in [0.5, 0.6) is 5.75 Å². The summed E-state index contributed by atoms with van der Waals surface area (Å²) in [5, 5.41) is 2.16. The number of aromatic nitrogens is 1. The number of hydrogen-bond donors (Lipinski definition) is 0. The highest BCUT2D eigenvalue weighted by Gasteiger charge is 2.13. The van der Waals surface area contributed by atoms with Crippen LogP contribution in [0.2, 0.25) is 0 Å². The number of nitrogens with zero attached hydrogens (tertiary/aromatic N) is 1. The lowest BCUT2D eigenvalue weighted by atomic mass is 10.0. The van der Waals surface area contributed by atoms with Crippen LogP contribution in [0.4, 0.5) is 0 Å². The molecule has 0 saturated heterocycles. The average Bonchev–Trinajstić information content (AvgIpc) is 3.00. The van der Waals surface area contributed by atoms with Gasteiger partial charge in [0.25, 0.3) is 0 Å². The Labute approximate surface area is 145 Å². The van der Waals surface area contributed by atoms with Crippen molar-refractivity contribution in [2.24, 2.45) is 0 Å². The van der Waals surface area contributed by atoms with Gasteiger partial charge in [-0.3, -0.25) is 4.79 Å². The summed E-state index contributed by atoms with van der Waals surface area (Å²) >= 11 is 0. The van der Waals surface area contributed by atoms with Crippen LogP contribution in [-0.2, 0) is 0 Å². The highest BCUT2D eigenvalue weighted by atomic mass is 16.5. The van der Waals surface area contributed by atoms with Crippen LogP contribution in [-0.4, -0.2) is 17.5 Å². The first-order chi connectivity index (χ1) is 12.2. The summed E-state index contributed by atoms with van der Waals surface area (Å²) < 4.78 is 7.20. The van der Waals surface area contributed by atoms with E-state index in [0.717, 1.165) is 27.6 Å². The topological polar surface area (TPSA) is 31.2 Å². The summed E-state index contributed by atoms with van der Waals surface area (Å²) in [6, 6.07) is 21.1. The number of fused-ring (bicyclic) bond motifs is 3. The van der Waals surface area contributed by atoms with Crippen molar-refractivity contribution in [2.45, 2.75) is 0 Å². The first-order valence-corrected chi connectivity index (χ1v) is 8.07. The van der Waals surface area contributed by atoms with Crippen molar-refractivity contribution in [1.82, 2.24) is 4.57 Å². The SMILES string of the molecule is C=Cn1c2ccccc2c2cc(C(=O)c3ccc(OC)cc3)ccc21. The van der Waals surface area contributed by atoms with E-state index < -0.39 is 0 Å². The van der Waals surface area contributed by atoms with E-state index in [9.17, 15) is 4.79 Å². The smallest absolute Gasteiger partial charge is 0.193 e. The van der Waals surface area contributed by atoms with Crippen LogP contribution < -0.4 is 4.74 Å². The van der Waals surface area contributed by atoms with Crippen molar-refractivity contribution in [3.05, 3.63) is 84.4 Å². The van der Waals surface area contributed by atoms with E-state index in [1.807, 2.05) is 34.9 Å². The summed E-state index contributed by atoms with van der Waals surface area (Å²) in [4.78, 5) is 12.8. The number of carbonyl (C=O) groups is 1. The Kier molecular flexibility index (Phi) is 3.62. The molecule has 1 heterocycles. The van der Waals surface area contributed by atoms with Crippen molar-refractivity contribution in [3.63, 3.8) is 0 Å². The number of methoxy groups -OCH3 is 1. The van der Waals surface area contributed by atoms with Crippen molar-refractivity contribution in [3.8, 4) is 5.75 Å². The van der Waals surface area contributed by atoms with E-state index in [2.05, 4.69) is 18.7 Å². The molecule has 0 aliphatic carbocycles. The largest absolute Gasteiger partial charge is 0.497 e. The Morgan fingerprint density at radius 1 is 0.920 bits per heavy atom. The van der Waals surface area contributed by atoms with Crippen LogP contribution in [0, 0.1) is 0 Å². The summed E-state index contributed by atoms with van der Waals surface area (Å²) in [6.07, 6.45) is 1.80. The molecular weight excluding hydrogens is 310 g/mol. The summed E-state index contributed by atoms with van der Waals surface area (Å²) in [7, 11) is 1.61. The molecule has 0 spiro atoms. The maximum Gasteiger partial charge on any atom is 0.193 e. The molecule has 0 N–H and O–H groups in total. The van der Waals surface area contributed by atoms with Crippen LogP contribution in [0.1, 0.15) is 15.9 Å². The fourth-order valence-corrected chi connectivity index (χ4v) is 3.25. The minimum absolute atomic E-state index is 0.0000118. The molecule has 0 fully saturated rings. The molecule has 0 amide bonds. The van der Waals surface area contributed by atoms with Gasteiger partial charge in [-0.1, -0.05) is 24.8 Å². The molecule has 0 radical (unpaired) electrons. The second-order valence-corrected chi connectivity index (χ2v) is 5.86. The lowest BCUT2D eigenvalue weighted by Gasteiger charge is -2.04. The molecule has 0 atom stereocenters. The van der Waals surface area contributed by atoms with Gasteiger partial charge in [-0.25, -0.2) is 0 Å². The van der Waals surface area contributed by atoms with E-state index in [1.54, 1.807) is 37.6 Å². The van der Waals surface area contributed by atoms with Crippen LogP contribution in [0.15, 0.2) is 73.3 Å². The predicted molar refractivity (Wildman–Crippen MR) is 102 cm³/mol. The fourth-order valence-electron chi connectivity index (χ4n) is 3.25. The van der Waals surface area contributed by atoms with Gasteiger partial charge in [0.15, 0.2) is 5.78 Å². The zero-order valence-corrected chi connectivity index (χ0v) is 13.9.